The Hall–Kier alpha value is -1.19. The van der Waals surface area contributed by atoms with Gasteiger partial charge < -0.3 is 4.79 Å². The molecular formula is C10H15NO3. The van der Waals surface area contributed by atoms with Crippen LogP contribution in [-0.4, -0.2) is 29.5 Å². The number of rotatable bonds is 3. The molecule has 2 amide bonds. The highest BCUT2D eigenvalue weighted by Crippen LogP contribution is 2.33. The minimum atomic E-state index is -0.739. The number of nitrogens with zero attached hydrogens (tertiary/aromatic N) is 1. The zero-order valence-corrected chi connectivity index (χ0v) is 8.74. The molecule has 4 nitrogen and oxygen atoms in total. The van der Waals surface area contributed by atoms with Gasteiger partial charge in [-0.2, -0.15) is 0 Å². The molecule has 0 bridgehead atoms. The molecule has 0 N–H and O–H groups in total. The van der Waals surface area contributed by atoms with Crippen molar-refractivity contribution < 1.29 is 14.4 Å². The van der Waals surface area contributed by atoms with Gasteiger partial charge in [-0.1, -0.05) is 13.8 Å². The second-order valence-corrected chi connectivity index (χ2v) is 4.17. The van der Waals surface area contributed by atoms with Crippen LogP contribution in [0.2, 0.25) is 0 Å². The molecule has 1 unspecified atom stereocenters. The van der Waals surface area contributed by atoms with Crippen molar-refractivity contribution in [2.75, 3.05) is 6.54 Å². The lowest BCUT2D eigenvalue weighted by Crippen LogP contribution is -2.35. The molecule has 0 aromatic heterocycles. The molecule has 1 atom stereocenters. The fourth-order valence-electron chi connectivity index (χ4n) is 1.68. The standard InChI is InChI=1S/C10H15NO3/c1-4-11-8(13)5-7(9(11)14)10(2,3)6-12/h6-7H,4-5H2,1-3H3. The summed E-state index contributed by atoms with van der Waals surface area (Å²) in [6.07, 6.45) is 0.917. The first-order chi connectivity index (χ1) is 6.44. The molecule has 1 saturated heterocycles. The Kier molecular flexibility index (Phi) is 2.73. The third-order valence-corrected chi connectivity index (χ3v) is 2.76. The minimum absolute atomic E-state index is 0.165. The number of amides is 2. The van der Waals surface area contributed by atoms with Crippen LogP contribution in [0.5, 0.6) is 0 Å². The van der Waals surface area contributed by atoms with E-state index in [2.05, 4.69) is 0 Å². The smallest absolute Gasteiger partial charge is 0.233 e. The van der Waals surface area contributed by atoms with Gasteiger partial charge in [0, 0.05) is 18.4 Å². The molecular weight excluding hydrogens is 182 g/mol. The van der Waals surface area contributed by atoms with E-state index in [9.17, 15) is 14.4 Å². The summed E-state index contributed by atoms with van der Waals surface area (Å²) in [6.45, 7) is 5.53. The average Bonchev–Trinajstić information content (AvgIpc) is 2.42. The van der Waals surface area contributed by atoms with Gasteiger partial charge in [-0.3, -0.25) is 14.5 Å². The molecule has 14 heavy (non-hydrogen) atoms. The van der Waals surface area contributed by atoms with Gasteiger partial charge in [-0.05, 0) is 6.92 Å². The molecule has 1 heterocycles. The zero-order chi connectivity index (χ0) is 10.9. The number of hydrogen-bond donors (Lipinski definition) is 0. The van der Waals surface area contributed by atoms with Gasteiger partial charge >= 0.3 is 0 Å². The van der Waals surface area contributed by atoms with Crippen molar-refractivity contribution in [1.29, 1.82) is 0 Å². The summed E-state index contributed by atoms with van der Waals surface area (Å²) in [5, 5.41) is 0. The molecule has 1 aliphatic heterocycles. The van der Waals surface area contributed by atoms with Crippen molar-refractivity contribution in [3.8, 4) is 0 Å². The first kappa shape index (κ1) is 10.9. The van der Waals surface area contributed by atoms with Crippen molar-refractivity contribution in [2.45, 2.75) is 27.2 Å². The first-order valence-corrected chi connectivity index (χ1v) is 4.74. The van der Waals surface area contributed by atoms with E-state index in [-0.39, 0.29) is 18.2 Å². The summed E-state index contributed by atoms with van der Waals surface area (Å²) in [4.78, 5) is 35.1. The summed E-state index contributed by atoms with van der Waals surface area (Å²) >= 11 is 0. The van der Waals surface area contributed by atoms with Crippen molar-refractivity contribution >= 4 is 18.1 Å². The van der Waals surface area contributed by atoms with Crippen LogP contribution in [0.15, 0.2) is 0 Å². The molecule has 0 radical (unpaired) electrons. The van der Waals surface area contributed by atoms with Crippen LogP contribution >= 0.6 is 0 Å². The van der Waals surface area contributed by atoms with Crippen molar-refractivity contribution in [2.24, 2.45) is 11.3 Å². The molecule has 4 heteroatoms. The van der Waals surface area contributed by atoms with Gasteiger partial charge in [-0.15, -0.1) is 0 Å². The molecule has 1 fully saturated rings. The highest BCUT2D eigenvalue weighted by atomic mass is 16.2. The second-order valence-electron chi connectivity index (χ2n) is 4.17. The lowest BCUT2D eigenvalue weighted by atomic mass is 9.79. The van der Waals surface area contributed by atoms with Crippen LogP contribution in [0, 0.1) is 11.3 Å². The maximum Gasteiger partial charge on any atom is 0.233 e. The fraction of sp³-hybridized carbons (Fsp3) is 0.700. The average molecular weight is 197 g/mol. The largest absolute Gasteiger partial charge is 0.303 e. The summed E-state index contributed by atoms with van der Waals surface area (Å²) < 4.78 is 0. The van der Waals surface area contributed by atoms with Gasteiger partial charge in [0.25, 0.3) is 0 Å². The maximum atomic E-state index is 11.7. The number of hydrogen-bond acceptors (Lipinski definition) is 3. The van der Waals surface area contributed by atoms with Gasteiger partial charge in [0.15, 0.2) is 0 Å². The van der Waals surface area contributed by atoms with E-state index < -0.39 is 11.3 Å². The van der Waals surface area contributed by atoms with E-state index in [0.29, 0.717) is 6.54 Å². The van der Waals surface area contributed by atoms with Crippen molar-refractivity contribution in [1.82, 2.24) is 4.90 Å². The summed E-state index contributed by atoms with van der Waals surface area (Å²) in [5.74, 6) is -0.862. The molecule has 0 aromatic rings. The van der Waals surface area contributed by atoms with Crippen molar-refractivity contribution in [3.63, 3.8) is 0 Å². The lowest BCUT2D eigenvalue weighted by Gasteiger charge is -2.22. The van der Waals surface area contributed by atoms with Crippen LogP contribution in [-0.2, 0) is 14.4 Å². The highest BCUT2D eigenvalue weighted by molar-refractivity contribution is 6.04. The normalized spacial score (nSPS) is 23.1. The zero-order valence-electron chi connectivity index (χ0n) is 8.74. The molecule has 0 saturated carbocycles. The van der Waals surface area contributed by atoms with Gasteiger partial charge in [-0.25, -0.2) is 0 Å². The number of aldehydes is 1. The van der Waals surface area contributed by atoms with Crippen LogP contribution in [0.3, 0.4) is 0 Å². The van der Waals surface area contributed by atoms with E-state index in [1.54, 1.807) is 20.8 Å². The van der Waals surface area contributed by atoms with Crippen LogP contribution in [0.25, 0.3) is 0 Å². The summed E-state index contributed by atoms with van der Waals surface area (Å²) in [5.41, 5.74) is -0.739. The molecule has 0 spiro atoms. The van der Waals surface area contributed by atoms with E-state index in [1.807, 2.05) is 0 Å². The van der Waals surface area contributed by atoms with E-state index in [1.165, 1.54) is 4.90 Å². The fourth-order valence-corrected chi connectivity index (χ4v) is 1.68. The molecule has 78 valence electrons. The van der Waals surface area contributed by atoms with E-state index >= 15 is 0 Å². The van der Waals surface area contributed by atoms with Gasteiger partial charge in [0.2, 0.25) is 11.8 Å². The molecule has 0 aliphatic carbocycles. The third-order valence-electron chi connectivity index (χ3n) is 2.76. The number of likely N-dealkylation sites (tertiary alicyclic amines) is 1. The summed E-state index contributed by atoms with van der Waals surface area (Å²) in [7, 11) is 0. The van der Waals surface area contributed by atoms with E-state index in [0.717, 1.165) is 6.29 Å². The van der Waals surface area contributed by atoms with Crippen LogP contribution < -0.4 is 0 Å². The Morgan fingerprint density at radius 1 is 1.50 bits per heavy atom. The monoisotopic (exact) mass is 197 g/mol. The number of carbonyl (C=O) groups excluding carboxylic acids is 3. The number of imide groups is 1. The Morgan fingerprint density at radius 3 is 2.43 bits per heavy atom. The molecule has 0 aromatic carbocycles. The Morgan fingerprint density at radius 2 is 2.07 bits per heavy atom. The quantitative estimate of drug-likeness (QED) is 0.492. The number of carbonyl (C=O) groups is 3. The van der Waals surface area contributed by atoms with E-state index in [4.69, 9.17) is 0 Å². The first-order valence-electron chi connectivity index (χ1n) is 4.74. The Labute approximate surface area is 83.3 Å². The molecule has 1 rings (SSSR count). The Balaban J connectivity index is 2.91. The topological polar surface area (TPSA) is 54.5 Å². The lowest BCUT2D eigenvalue weighted by molar-refractivity contribution is -0.141. The van der Waals surface area contributed by atoms with Crippen LogP contribution in [0.4, 0.5) is 0 Å². The van der Waals surface area contributed by atoms with Crippen molar-refractivity contribution in [3.05, 3.63) is 0 Å². The molecule has 1 aliphatic rings. The predicted molar refractivity (Wildman–Crippen MR) is 50.3 cm³/mol. The SMILES string of the molecule is CCN1C(=O)CC(C(C)(C)C=O)C1=O. The maximum absolute atomic E-state index is 11.7. The predicted octanol–water partition coefficient (Wildman–Crippen LogP) is 0.607. The third kappa shape index (κ3) is 1.56. The van der Waals surface area contributed by atoms with Crippen LogP contribution in [0.1, 0.15) is 27.2 Å². The highest BCUT2D eigenvalue weighted by Gasteiger charge is 2.45. The minimum Gasteiger partial charge on any atom is -0.303 e. The Bertz CT molecular complexity index is 283. The van der Waals surface area contributed by atoms with Gasteiger partial charge in [0.05, 0.1) is 5.92 Å². The summed E-state index contributed by atoms with van der Waals surface area (Å²) in [6, 6.07) is 0. The van der Waals surface area contributed by atoms with Gasteiger partial charge in [0.1, 0.15) is 6.29 Å². The second kappa shape index (κ2) is 3.52.